The summed E-state index contributed by atoms with van der Waals surface area (Å²) in [5, 5.41) is 11.0. The van der Waals surface area contributed by atoms with Gasteiger partial charge in [0.25, 0.3) is 5.91 Å². The monoisotopic (exact) mass is 291 g/mol. The van der Waals surface area contributed by atoms with Crippen LogP contribution in [0.2, 0.25) is 10.0 Å². The second-order valence-electron chi connectivity index (χ2n) is 4.09. The van der Waals surface area contributed by atoms with E-state index in [4.69, 9.17) is 28.3 Å². The number of carbonyl (C=O) groups is 2. The molecule has 1 saturated carbocycles. The fourth-order valence-corrected chi connectivity index (χ4v) is 1.97. The zero-order valence-corrected chi connectivity index (χ0v) is 10.5. The van der Waals surface area contributed by atoms with Gasteiger partial charge in [-0.25, -0.2) is 9.18 Å². The predicted molar refractivity (Wildman–Crippen MR) is 63.5 cm³/mol. The van der Waals surface area contributed by atoms with Crippen molar-refractivity contribution in [2.24, 2.45) is 0 Å². The smallest absolute Gasteiger partial charge is 0.329 e. The van der Waals surface area contributed by atoms with Crippen molar-refractivity contribution < 1.29 is 19.1 Å². The minimum atomic E-state index is -1.24. The Morgan fingerprint density at radius 2 is 1.89 bits per heavy atom. The molecule has 0 aromatic heterocycles. The van der Waals surface area contributed by atoms with Crippen LogP contribution in [0, 0.1) is 5.82 Å². The summed E-state index contributed by atoms with van der Waals surface area (Å²) in [5.74, 6) is -2.62. The number of hydrogen-bond acceptors (Lipinski definition) is 2. The van der Waals surface area contributed by atoms with Gasteiger partial charge in [-0.2, -0.15) is 0 Å². The molecule has 2 N–H and O–H groups in total. The number of carboxylic acids is 1. The standard InChI is InChI=1S/C11H8Cl2FNO3/c12-6-4-7(13)8(14)3-5(6)9(16)15-11(1-2-11)10(17)18/h3-4H,1-2H2,(H,15,16)(H,17,18). The zero-order chi connectivity index (χ0) is 13.5. The van der Waals surface area contributed by atoms with E-state index < -0.39 is 23.2 Å². The molecule has 0 aliphatic heterocycles. The van der Waals surface area contributed by atoms with Crippen LogP contribution >= 0.6 is 23.2 Å². The third kappa shape index (κ3) is 2.28. The predicted octanol–water partition coefficient (Wildman–Crippen LogP) is 2.48. The number of benzene rings is 1. The van der Waals surface area contributed by atoms with E-state index >= 15 is 0 Å². The Hall–Kier alpha value is -1.33. The Labute approximate surface area is 112 Å². The molecule has 0 atom stereocenters. The van der Waals surface area contributed by atoms with E-state index in [1.807, 2.05) is 0 Å². The summed E-state index contributed by atoms with van der Waals surface area (Å²) in [6.45, 7) is 0. The van der Waals surface area contributed by atoms with Crippen LogP contribution in [0.5, 0.6) is 0 Å². The SMILES string of the molecule is O=C(NC1(C(=O)O)CC1)c1cc(F)c(Cl)cc1Cl. The molecule has 0 heterocycles. The molecule has 1 aliphatic carbocycles. The van der Waals surface area contributed by atoms with Crippen molar-refractivity contribution >= 4 is 35.1 Å². The largest absolute Gasteiger partial charge is 0.480 e. The fraction of sp³-hybridized carbons (Fsp3) is 0.273. The molecular formula is C11H8Cl2FNO3. The molecule has 0 radical (unpaired) electrons. The summed E-state index contributed by atoms with van der Waals surface area (Å²) in [7, 11) is 0. The van der Waals surface area contributed by atoms with Crippen molar-refractivity contribution in [1.82, 2.24) is 5.32 Å². The van der Waals surface area contributed by atoms with E-state index in [9.17, 15) is 14.0 Å². The quantitative estimate of drug-likeness (QED) is 0.841. The lowest BCUT2D eigenvalue weighted by Crippen LogP contribution is -2.43. The average Bonchev–Trinajstić information content (AvgIpc) is 3.04. The third-order valence-electron chi connectivity index (χ3n) is 2.77. The van der Waals surface area contributed by atoms with Crippen molar-refractivity contribution in [2.45, 2.75) is 18.4 Å². The topological polar surface area (TPSA) is 66.4 Å². The molecular weight excluding hydrogens is 284 g/mol. The summed E-state index contributed by atoms with van der Waals surface area (Å²) >= 11 is 11.3. The van der Waals surface area contributed by atoms with Gasteiger partial charge >= 0.3 is 5.97 Å². The van der Waals surface area contributed by atoms with Crippen LogP contribution in [0.15, 0.2) is 12.1 Å². The molecule has 1 fully saturated rings. The first-order chi connectivity index (χ1) is 8.35. The molecule has 1 aliphatic rings. The van der Waals surface area contributed by atoms with Gasteiger partial charge in [-0.15, -0.1) is 0 Å². The van der Waals surface area contributed by atoms with Crippen LogP contribution in [0.1, 0.15) is 23.2 Å². The van der Waals surface area contributed by atoms with Gasteiger partial charge in [0.2, 0.25) is 0 Å². The number of nitrogens with one attached hydrogen (secondary N) is 1. The van der Waals surface area contributed by atoms with E-state index in [1.165, 1.54) is 0 Å². The van der Waals surface area contributed by atoms with Crippen LogP contribution in [-0.2, 0) is 4.79 Å². The minimum Gasteiger partial charge on any atom is -0.480 e. The Bertz CT molecular complexity index is 543. The van der Waals surface area contributed by atoms with Crippen LogP contribution in [0.4, 0.5) is 4.39 Å². The number of hydrogen-bond donors (Lipinski definition) is 2. The second-order valence-corrected chi connectivity index (χ2v) is 4.90. The van der Waals surface area contributed by atoms with E-state index in [0.29, 0.717) is 12.8 Å². The van der Waals surface area contributed by atoms with Gasteiger partial charge in [-0.3, -0.25) is 4.79 Å². The van der Waals surface area contributed by atoms with Gasteiger partial charge < -0.3 is 10.4 Å². The fourth-order valence-electron chi connectivity index (χ4n) is 1.50. The molecule has 0 unspecified atom stereocenters. The maximum atomic E-state index is 13.2. The lowest BCUT2D eigenvalue weighted by Gasteiger charge is -2.13. The number of amides is 1. The molecule has 1 aromatic rings. The van der Waals surface area contributed by atoms with Gasteiger partial charge in [0.15, 0.2) is 0 Å². The summed E-state index contributed by atoms with van der Waals surface area (Å²) < 4.78 is 13.2. The molecule has 4 nitrogen and oxygen atoms in total. The molecule has 1 aromatic carbocycles. The van der Waals surface area contributed by atoms with Gasteiger partial charge in [-0.1, -0.05) is 23.2 Å². The van der Waals surface area contributed by atoms with Gasteiger partial charge in [-0.05, 0) is 25.0 Å². The van der Waals surface area contributed by atoms with Crippen molar-refractivity contribution in [1.29, 1.82) is 0 Å². The molecule has 1 amide bonds. The van der Waals surface area contributed by atoms with Crippen LogP contribution in [-0.4, -0.2) is 22.5 Å². The first-order valence-corrected chi connectivity index (χ1v) is 5.82. The van der Waals surface area contributed by atoms with E-state index in [-0.39, 0.29) is 15.6 Å². The Morgan fingerprint density at radius 3 is 2.39 bits per heavy atom. The molecule has 18 heavy (non-hydrogen) atoms. The third-order valence-corrected chi connectivity index (χ3v) is 3.37. The van der Waals surface area contributed by atoms with Gasteiger partial charge in [0, 0.05) is 0 Å². The van der Waals surface area contributed by atoms with Gasteiger partial charge in [0.05, 0.1) is 15.6 Å². The number of aliphatic carboxylic acids is 1. The van der Waals surface area contributed by atoms with E-state index in [0.717, 1.165) is 12.1 Å². The molecule has 0 spiro atoms. The molecule has 7 heteroatoms. The summed E-state index contributed by atoms with van der Waals surface area (Å²) in [6, 6.07) is 1.99. The normalized spacial score (nSPS) is 16.2. The first kappa shape index (κ1) is 13.1. The lowest BCUT2D eigenvalue weighted by molar-refractivity contribution is -0.140. The lowest BCUT2D eigenvalue weighted by atomic mass is 10.1. The van der Waals surface area contributed by atoms with E-state index in [2.05, 4.69) is 5.32 Å². The second kappa shape index (κ2) is 4.40. The average molecular weight is 292 g/mol. The maximum Gasteiger partial charge on any atom is 0.329 e. The molecule has 96 valence electrons. The number of carboxylic acid groups (broad SMARTS) is 1. The summed E-state index contributed by atoms with van der Waals surface area (Å²) in [5.41, 5.74) is -1.37. The molecule has 0 saturated heterocycles. The highest BCUT2D eigenvalue weighted by molar-refractivity contribution is 6.36. The van der Waals surface area contributed by atoms with Crippen LogP contribution in [0.25, 0.3) is 0 Å². The van der Waals surface area contributed by atoms with Crippen molar-refractivity contribution in [3.63, 3.8) is 0 Å². The summed E-state index contributed by atoms with van der Waals surface area (Å²) in [6.07, 6.45) is 0.698. The van der Waals surface area contributed by atoms with Gasteiger partial charge in [0.1, 0.15) is 11.4 Å². The number of carbonyl (C=O) groups excluding carboxylic acids is 1. The Morgan fingerprint density at radius 1 is 1.28 bits per heavy atom. The van der Waals surface area contributed by atoms with Crippen molar-refractivity contribution in [2.75, 3.05) is 0 Å². The highest BCUT2D eigenvalue weighted by Crippen LogP contribution is 2.36. The number of rotatable bonds is 3. The van der Waals surface area contributed by atoms with Crippen LogP contribution in [0.3, 0.4) is 0 Å². The number of halogens is 3. The highest BCUT2D eigenvalue weighted by Gasteiger charge is 2.51. The Balaban J connectivity index is 2.25. The maximum absolute atomic E-state index is 13.2. The van der Waals surface area contributed by atoms with Crippen molar-refractivity contribution in [3.8, 4) is 0 Å². The highest BCUT2D eigenvalue weighted by atomic mass is 35.5. The summed E-state index contributed by atoms with van der Waals surface area (Å²) in [4.78, 5) is 22.7. The molecule has 2 rings (SSSR count). The molecule has 0 bridgehead atoms. The zero-order valence-electron chi connectivity index (χ0n) is 8.97. The van der Waals surface area contributed by atoms with Crippen molar-refractivity contribution in [3.05, 3.63) is 33.6 Å². The minimum absolute atomic E-state index is 0.0277. The first-order valence-electron chi connectivity index (χ1n) is 5.06. The Kier molecular flexibility index (Phi) is 3.21. The van der Waals surface area contributed by atoms with E-state index in [1.54, 1.807) is 0 Å². The van der Waals surface area contributed by atoms with Crippen LogP contribution < -0.4 is 5.32 Å².